The normalized spacial score (nSPS) is 22.3. The first-order chi connectivity index (χ1) is 14.3. The molecule has 2 atom stereocenters. The van der Waals surface area contributed by atoms with Crippen LogP contribution in [-0.2, 0) is 37.2 Å². The quantitative estimate of drug-likeness (QED) is 0.322. The van der Waals surface area contributed by atoms with Crippen LogP contribution in [0.5, 0.6) is 0 Å². The second-order valence-corrected chi connectivity index (χ2v) is 8.52. The van der Waals surface area contributed by atoms with Crippen molar-refractivity contribution < 1.29 is 40.9 Å². The average Bonchev–Trinajstić information content (AvgIpc) is 2.67. The van der Waals surface area contributed by atoms with E-state index in [-0.39, 0.29) is 40.2 Å². The fraction of sp³-hybridized carbons (Fsp3) is 0.636. The molecule has 9 heteroatoms. The van der Waals surface area contributed by atoms with Crippen LogP contribution in [-0.4, -0.2) is 48.6 Å². The maximum absolute atomic E-state index is 10.8. The molecular formula is C22H30ClN3O4Pt. The summed E-state index contributed by atoms with van der Waals surface area (Å²) in [5, 5.41) is 26.8. The number of carboxylic acid groups (broad SMARTS) is 2. The van der Waals surface area contributed by atoms with Crippen LogP contribution in [0.15, 0.2) is 24.3 Å². The van der Waals surface area contributed by atoms with E-state index in [2.05, 4.69) is 12.2 Å². The monoisotopic (exact) mass is 630 g/mol. The van der Waals surface area contributed by atoms with Crippen molar-refractivity contribution in [2.24, 2.45) is 5.41 Å². The van der Waals surface area contributed by atoms with Gasteiger partial charge in [0.1, 0.15) is 0 Å². The van der Waals surface area contributed by atoms with E-state index in [0.29, 0.717) is 17.6 Å². The van der Waals surface area contributed by atoms with Crippen molar-refractivity contribution in [3.05, 3.63) is 45.9 Å². The minimum atomic E-state index is -1.89. The largest absolute Gasteiger partial charge is 4.00 e. The van der Waals surface area contributed by atoms with E-state index in [1.807, 2.05) is 6.07 Å². The van der Waals surface area contributed by atoms with Gasteiger partial charge in [0.15, 0.2) is 0 Å². The van der Waals surface area contributed by atoms with E-state index in [9.17, 15) is 19.8 Å². The Morgan fingerprint density at radius 3 is 2.35 bits per heavy atom. The van der Waals surface area contributed by atoms with Crippen molar-refractivity contribution in [1.29, 1.82) is 0 Å². The van der Waals surface area contributed by atoms with Gasteiger partial charge in [-0.1, -0.05) is 75.2 Å². The van der Waals surface area contributed by atoms with Crippen molar-refractivity contribution >= 4 is 23.5 Å². The van der Waals surface area contributed by atoms with E-state index in [1.165, 1.54) is 25.7 Å². The van der Waals surface area contributed by atoms with Gasteiger partial charge in [0.25, 0.3) is 0 Å². The van der Waals surface area contributed by atoms with Crippen molar-refractivity contribution in [3.8, 4) is 0 Å². The van der Waals surface area contributed by atoms with Gasteiger partial charge in [-0.2, -0.15) is 12.1 Å². The van der Waals surface area contributed by atoms with Crippen molar-refractivity contribution in [1.82, 2.24) is 4.90 Å². The predicted octanol–water partition coefficient (Wildman–Crippen LogP) is 2.16. The third-order valence-corrected chi connectivity index (χ3v) is 6.09. The van der Waals surface area contributed by atoms with Gasteiger partial charge in [-0.05, 0) is 11.6 Å². The first kappa shape index (κ1) is 28.1. The van der Waals surface area contributed by atoms with Gasteiger partial charge in [-0.25, -0.2) is 0 Å². The number of rotatable bonds is 8. The fourth-order valence-corrected chi connectivity index (χ4v) is 3.98. The van der Waals surface area contributed by atoms with E-state index in [0.717, 1.165) is 24.9 Å². The Balaban J connectivity index is 0.000000324. The number of benzene rings is 1. The molecule has 0 spiro atoms. The van der Waals surface area contributed by atoms with Crippen LogP contribution in [0.2, 0.25) is 5.02 Å². The number of hydrogen-bond acceptors (Lipinski definition) is 5. The number of hydrogen-bond donors (Lipinski definition) is 0. The first-order valence-electron chi connectivity index (χ1n) is 10.6. The molecule has 1 aliphatic heterocycles. The molecule has 3 rings (SSSR count). The number of carbonyl (C=O) groups excluding carboxylic acids is 2. The molecule has 0 radical (unpaired) electrons. The second-order valence-electron chi connectivity index (χ2n) is 8.11. The number of nitrogens with one attached hydrogen (secondary N) is 1. The molecule has 1 N–H and O–H groups in total. The number of nitrogens with zero attached hydrogens (tertiary/aromatic N) is 2. The number of halogens is 1. The molecule has 174 valence electrons. The van der Waals surface area contributed by atoms with Gasteiger partial charge in [0.2, 0.25) is 0 Å². The molecular weight excluding hydrogens is 601 g/mol. The van der Waals surface area contributed by atoms with Crippen LogP contribution in [0.4, 0.5) is 0 Å². The Labute approximate surface area is 204 Å². The minimum Gasteiger partial charge on any atom is -0.676 e. The Bertz CT molecular complexity index is 700. The maximum atomic E-state index is 10.8. The zero-order valence-corrected chi connectivity index (χ0v) is 20.8. The summed E-state index contributed by atoms with van der Waals surface area (Å²) in [7, 11) is 0. The third-order valence-electron chi connectivity index (χ3n) is 5.73. The molecule has 1 aliphatic carbocycles. The van der Waals surface area contributed by atoms with E-state index in [4.69, 9.17) is 17.3 Å². The molecule has 7 nitrogen and oxygen atoms in total. The van der Waals surface area contributed by atoms with E-state index >= 15 is 0 Å². The summed E-state index contributed by atoms with van der Waals surface area (Å²) in [4.78, 5) is 23.3. The molecule has 1 heterocycles. The Morgan fingerprint density at radius 2 is 1.81 bits per heavy atom. The predicted molar refractivity (Wildman–Crippen MR) is 113 cm³/mol. The molecule has 2 fully saturated rings. The SMILES string of the molecule is CCCC[N-][C@@H]1CCCC[C@H]1[NH-].O=C([O-])C1(C(=O)[O-])CN(Cc2ccccc2Cl)C1.[Pt+4]. The van der Waals surface area contributed by atoms with E-state index < -0.39 is 17.4 Å². The van der Waals surface area contributed by atoms with Crippen molar-refractivity contribution in [2.45, 2.75) is 64.1 Å². The van der Waals surface area contributed by atoms with Gasteiger partial charge < -0.3 is 30.9 Å². The van der Waals surface area contributed by atoms with Gasteiger partial charge in [-0.15, -0.1) is 6.54 Å². The molecule has 1 saturated carbocycles. The third kappa shape index (κ3) is 7.83. The zero-order valence-electron chi connectivity index (χ0n) is 17.8. The summed E-state index contributed by atoms with van der Waals surface area (Å²) in [6.45, 7) is 3.33. The maximum Gasteiger partial charge on any atom is 4.00 e. The summed E-state index contributed by atoms with van der Waals surface area (Å²) in [5.74, 6) is -3.20. The zero-order chi connectivity index (χ0) is 22.1. The number of carbonyl (C=O) groups is 2. The molecule has 0 aromatic heterocycles. The summed E-state index contributed by atoms with van der Waals surface area (Å²) >= 11 is 5.96. The number of unbranched alkanes of at least 4 members (excludes halogenated alkanes) is 1. The Hall–Kier alpha value is -0.982. The molecule has 0 unspecified atom stereocenters. The second kappa shape index (κ2) is 13.5. The van der Waals surface area contributed by atoms with Gasteiger partial charge in [0.05, 0.1) is 17.4 Å². The van der Waals surface area contributed by atoms with Crippen molar-refractivity contribution in [3.63, 3.8) is 0 Å². The number of carboxylic acids is 2. The Morgan fingerprint density at radius 1 is 1.19 bits per heavy atom. The fourth-order valence-electron chi connectivity index (χ4n) is 3.78. The van der Waals surface area contributed by atoms with Crippen molar-refractivity contribution in [2.75, 3.05) is 19.6 Å². The molecule has 0 bridgehead atoms. The number of likely N-dealkylation sites (tertiary alicyclic amines) is 1. The smallest absolute Gasteiger partial charge is 0.676 e. The van der Waals surface area contributed by atoms with Crippen LogP contribution >= 0.6 is 11.6 Å². The average molecular weight is 631 g/mol. The van der Waals surface area contributed by atoms with E-state index in [1.54, 1.807) is 23.1 Å². The van der Waals surface area contributed by atoms with Gasteiger partial charge in [0, 0.05) is 24.7 Å². The minimum absolute atomic E-state index is 0. The summed E-state index contributed by atoms with van der Waals surface area (Å²) in [6, 6.07) is 7.60. The Kier molecular flexibility index (Phi) is 12.3. The van der Waals surface area contributed by atoms with Crippen LogP contribution in [0.1, 0.15) is 51.0 Å². The first-order valence-corrected chi connectivity index (χ1v) is 10.9. The standard InChI is InChI=1S/C12H12ClNO4.C10H20N2.Pt/c13-9-4-2-1-3-8(9)5-14-6-12(7-14,10(15)16)11(17)18;1-2-3-8-12-10-7-5-4-6-9(10)11;/h1-4H,5-7H2,(H,15,16)(H,17,18);9-11H,2-8H2,1H3;/q;-2;+4/p-2/t;9-,10-;/m.1./s1. The summed E-state index contributed by atoms with van der Waals surface area (Å²) in [6.07, 6.45) is 7.18. The molecule has 2 aliphatic rings. The van der Waals surface area contributed by atoms with Gasteiger partial charge in [-0.3, -0.25) is 4.90 Å². The van der Waals surface area contributed by atoms with Crippen LogP contribution in [0, 0.1) is 5.41 Å². The van der Waals surface area contributed by atoms with Crippen LogP contribution in [0.25, 0.3) is 11.1 Å². The summed E-state index contributed by atoms with van der Waals surface area (Å²) in [5.41, 5.74) is 6.71. The topological polar surface area (TPSA) is 121 Å². The molecule has 1 saturated heterocycles. The van der Waals surface area contributed by atoms with Gasteiger partial charge >= 0.3 is 21.1 Å². The van der Waals surface area contributed by atoms with Crippen LogP contribution < -0.4 is 10.2 Å². The molecule has 31 heavy (non-hydrogen) atoms. The number of aliphatic carboxylic acids is 2. The molecule has 0 amide bonds. The van der Waals surface area contributed by atoms with Crippen LogP contribution in [0.3, 0.4) is 0 Å². The summed E-state index contributed by atoms with van der Waals surface area (Å²) < 4.78 is 0. The molecule has 1 aromatic carbocycles. The molecule has 1 aromatic rings.